The van der Waals surface area contributed by atoms with Crippen LogP contribution in [-0.4, -0.2) is 52.6 Å². The van der Waals surface area contributed by atoms with Gasteiger partial charge in [0.15, 0.2) is 0 Å². The number of carbonyl (C=O) groups is 1. The van der Waals surface area contributed by atoms with Gasteiger partial charge in [-0.1, -0.05) is 23.8 Å². The Hall–Kier alpha value is -5.03. The molecule has 1 aromatic heterocycles. The number of amides is 1. The smallest absolute Gasteiger partial charge is 0.229 e. The number of fused-ring (bicyclic) bond motifs is 3. The minimum Gasteiger partial charge on any atom is -0.369 e. The van der Waals surface area contributed by atoms with Crippen molar-refractivity contribution >= 4 is 34.9 Å². The van der Waals surface area contributed by atoms with Gasteiger partial charge in [-0.25, -0.2) is 23.7 Å². The van der Waals surface area contributed by atoms with E-state index < -0.39 is 11.6 Å². The van der Waals surface area contributed by atoms with Crippen molar-refractivity contribution in [2.75, 3.05) is 19.4 Å². The van der Waals surface area contributed by atoms with E-state index in [-0.39, 0.29) is 35.6 Å². The van der Waals surface area contributed by atoms with Crippen LogP contribution < -0.4 is 16.4 Å². The minimum absolute atomic E-state index is 0.0499. The molecule has 3 aromatic carbocycles. The molecule has 11 heteroatoms. The fourth-order valence-corrected chi connectivity index (χ4v) is 5.87. The van der Waals surface area contributed by atoms with Crippen LogP contribution in [0.1, 0.15) is 41.5 Å². The van der Waals surface area contributed by atoms with Gasteiger partial charge in [0.25, 0.3) is 0 Å². The Kier molecular flexibility index (Phi) is 8.36. The van der Waals surface area contributed by atoms with E-state index in [1.807, 2.05) is 39.2 Å². The number of rotatable bonds is 6. The third-order valence-corrected chi connectivity index (χ3v) is 8.29. The Bertz CT molecular complexity index is 1800. The van der Waals surface area contributed by atoms with Gasteiger partial charge < -0.3 is 16.0 Å². The monoisotopic (exact) mass is 608 g/mol. The Balaban J connectivity index is 1.19. The van der Waals surface area contributed by atoms with Gasteiger partial charge in [-0.3, -0.25) is 15.1 Å². The van der Waals surface area contributed by atoms with Crippen LogP contribution in [0.4, 0.5) is 26.1 Å². The summed E-state index contributed by atoms with van der Waals surface area (Å²) < 4.78 is 29.7. The van der Waals surface area contributed by atoms with Crippen molar-refractivity contribution in [2.45, 2.75) is 38.8 Å². The molecule has 230 valence electrons. The zero-order valence-corrected chi connectivity index (χ0v) is 25.3. The number of nitrogens with one attached hydrogen (secondary N) is 2. The first kappa shape index (κ1) is 30.0. The van der Waals surface area contributed by atoms with Gasteiger partial charge in [0, 0.05) is 40.5 Å². The van der Waals surface area contributed by atoms with Gasteiger partial charge in [-0.15, -0.1) is 0 Å². The molecule has 6 rings (SSSR count). The molecule has 9 nitrogen and oxygen atoms in total. The van der Waals surface area contributed by atoms with Crippen molar-refractivity contribution in [1.82, 2.24) is 20.2 Å². The maximum Gasteiger partial charge on any atom is 0.229 e. The Morgan fingerprint density at radius 3 is 2.49 bits per heavy atom. The molecule has 0 spiro atoms. The third-order valence-electron chi connectivity index (χ3n) is 8.29. The number of aliphatic imine (C=N–C) groups is 2. The van der Waals surface area contributed by atoms with Crippen molar-refractivity contribution in [3.63, 3.8) is 0 Å². The highest BCUT2D eigenvalue weighted by atomic mass is 19.1. The van der Waals surface area contributed by atoms with Gasteiger partial charge in [0.2, 0.25) is 17.8 Å². The predicted octanol–water partition coefficient (Wildman–Crippen LogP) is 5.62. The molecule has 4 aromatic rings. The number of nitrogens with two attached hydrogens (primary N) is 1. The van der Waals surface area contributed by atoms with Gasteiger partial charge in [0.05, 0.1) is 29.2 Å². The number of hydrogen-bond acceptors (Lipinski definition) is 7. The summed E-state index contributed by atoms with van der Waals surface area (Å²) in [5.41, 5.74) is 11.0. The summed E-state index contributed by atoms with van der Waals surface area (Å²) in [6.45, 7) is 2.08. The zero-order valence-electron chi connectivity index (χ0n) is 25.3. The second-order valence-electron chi connectivity index (χ2n) is 11.7. The minimum atomic E-state index is -0.676. The third kappa shape index (κ3) is 6.44. The molecule has 1 fully saturated rings. The molecule has 1 aliphatic carbocycles. The molecule has 45 heavy (non-hydrogen) atoms. The molecule has 2 atom stereocenters. The van der Waals surface area contributed by atoms with E-state index in [0.717, 1.165) is 30.4 Å². The van der Waals surface area contributed by atoms with Crippen molar-refractivity contribution < 1.29 is 13.6 Å². The number of hydrogen-bond donors (Lipinski definition) is 3. The van der Waals surface area contributed by atoms with Crippen LogP contribution >= 0.6 is 0 Å². The molecule has 0 saturated heterocycles. The SMILES string of the molecule is Cc1ccc2c(c1)C(c1c(F)cccc1F)=NCc1cnc(Nc3ccc(N=C(N)NC(=O)C4CCC(N(C)C)C4)cc3)nc1-2. The Morgan fingerprint density at radius 2 is 1.78 bits per heavy atom. The summed E-state index contributed by atoms with van der Waals surface area (Å²) >= 11 is 0. The summed E-state index contributed by atoms with van der Waals surface area (Å²) in [5, 5.41) is 5.94. The van der Waals surface area contributed by atoms with E-state index in [1.165, 1.54) is 18.2 Å². The van der Waals surface area contributed by atoms with Crippen LogP contribution in [0.15, 0.2) is 76.8 Å². The molecule has 0 bridgehead atoms. The second-order valence-corrected chi connectivity index (χ2v) is 11.7. The number of guanidine groups is 1. The molecule has 2 aliphatic rings. The molecular formula is C34H34F2N8O. The summed E-state index contributed by atoms with van der Waals surface area (Å²) in [4.78, 5) is 33.0. The lowest BCUT2D eigenvalue weighted by Gasteiger charge is -2.18. The molecule has 0 radical (unpaired) electrons. The van der Waals surface area contributed by atoms with Crippen molar-refractivity contribution in [3.05, 3.63) is 101 Å². The van der Waals surface area contributed by atoms with Crippen LogP contribution in [0.5, 0.6) is 0 Å². The first-order valence-electron chi connectivity index (χ1n) is 14.8. The van der Waals surface area contributed by atoms with Crippen molar-refractivity contribution in [3.8, 4) is 11.3 Å². The Labute approximate surface area is 260 Å². The van der Waals surface area contributed by atoms with Gasteiger partial charge in [-0.05, 0) is 82.7 Å². The van der Waals surface area contributed by atoms with Crippen molar-refractivity contribution in [2.24, 2.45) is 21.6 Å². The van der Waals surface area contributed by atoms with E-state index in [9.17, 15) is 13.6 Å². The van der Waals surface area contributed by atoms with E-state index in [0.29, 0.717) is 40.2 Å². The summed E-state index contributed by atoms with van der Waals surface area (Å²) in [6.07, 6.45) is 4.29. The highest BCUT2D eigenvalue weighted by Gasteiger charge is 2.31. The Morgan fingerprint density at radius 1 is 1.02 bits per heavy atom. The molecule has 2 heterocycles. The second kappa shape index (κ2) is 12.5. The fourth-order valence-electron chi connectivity index (χ4n) is 5.87. The number of benzene rings is 3. The molecule has 1 saturated carbocycles. The summed E-state index contributed by atoms with van der Waals surface area (Å²) in [5.74, 6) is -1.14. The number of aryl methyl sites for hydroxylation is 1. The number of carbonyl (C=O) groups excluding carboxylic acids is 1. The van der Waals surface area contributed by atoms with Crippen LogP contribution in [0.3, 0.4) is 0 Å². The van der Waals surface area contributed by atoms with E-state index in [2.05, 4.69) is 30.5 Å². The van der Waals surface area contributed by atoms with Gasteiger partial charge in [-0.2, -0.15) is 0 Å². The largest absolute Gasteiger partial charge is 0.369 e. The molecule has 4 N–H and O–H groups in total. The average Bonchev–Trinajstić information content (AvgIpc) is 3.46. The van der Waals surface area contributed by atoms with E-state index in [1.54, 1.807) is 30.5 Å². The van der Waals surface area contributed by atoms with E-state index >= 15 is 0 Å². The highest BCUT2D eigenvalue weighted by molar-refractivity contribution is 6.17. The first-order valence-corrected chi connectivity index (χ1v) is 14.8. The van der Waals surface area contributed by atoms with Gasteiger partial charge in [0.1, 0.15) is 11.6 Å². The van der Waals surface area contributed by atoms with Crippen LogP contribution in [0, 0.1) is 24.5 Å². The fraction of sp³-hybridized carbons (Fsp3) is 0.265. The lowest BCUT2D eigenvalue weighted by molar-refractivity contribution is -0.123. The maximum atomic E-state index is 14.9. The van der Waals surface area contributed by atoms with Crippen LogP contribution in [0.2, 0.25) is 0 Å². The van der Waals surface area contributed by atoms with Crippen LogP contribution in [-0.2, 0) is 11.3 Å². The summed E-state index contributed by atoms with van der Waals surface area (Å²) in [7, 11) is 4.06. The topological polar surface area (TPSA) is 121 Å². The van der Waals surface area contributed by atoms with Crippen LogP contribution in [0.25, 0.3) is 11.3 Å². The number of aromatic nitrogens is 2. The first-order chi connectivity index (χ1) is 21.7. The molecule has 1 aliphatic heterocycles. The number of anilines is 2. The van der Waals surface area contributed by atoms with Gasteiger partial charge >= 0.3 is 0 Å². The molecular weight excluding hydrogens is 574 g/mol. The standard InChI is InChI=1S/C34H34F2N8O/c1-19-7-14-25-26(15-19)31(29-27(35)5-4-6-28(29)36)38-17-21-18-39-34(42-30(21)25)41-23-11-9-22(10-12-23)40-33(37)43-32(45)20-8-13-24(16-20)44(2)3/h4-7,9-12,14-15,18,20,24H,8,13,16-17H2,1-3H3,(H,39,41,42)(H3,37,40,43,45). The average molecular weight is 609 g/mol. The van der Waals surface area contributed by atoms with Crippen molar-refractivity contribution in [1.29, 1.82) is 0 Å². The lowest BCUT2D eigenvalue weighted by atomic mass is 9.93. The van der Waals surface area contributed by atoms with E-state index in [4.69, 9.17) is 10.7 Å². The zero-order chi connectivity index (χ0) is 31.7. The normalized spacial score (nSPS) is 17.7. The lowest BCUT2D eigenvalue weighted by Crippen LogP contribution is -2.40. The quantitative estimate of drug-likeness (QED) is 0.193. The molecule has 2 unspecified atom stereocenters. The number of halogens is 2. The summed E-state index contributed by atoms with van der Waals surface area (Å²) in [6, 6.07) is 17.0. The number of nitrogens with zero attached hydrogens (tertiary/aromatic N) is 5. The molecule has 1 amide bonds. The predicted molar refractivity (Wildman–Crippen MR) is 172 cm³/mol. The highest BCUT2D eigenvalue weighted by Crippen LogP contribution is 2.34. The maximum absolute atomic E-state index is 14.9.